The third-order valence-corrected chi connectivity index (χ3v) is 4.03. The molecule has 17 heavy (non-hydrogen) atoms. The van der Waals surface area contributed by atoms with Crippen molar-refractivity contribution in [1.29, 1.82) is 0 Å². The van der Waals surface area contributed by atoms with Gasteiger partial charge >= 0.3 is 13.3 Å². The zero-order chi connectivity index (χ0) is 12.9. The number of hydrogen-bond acceptors (Lipinski definition) is 4. The van der Waals surface area contributed by atoms with Crippen LogP contribution >= 0.6 is 7.60 Å². The van der Waals surface area contributed by atoms with Crippen LogP contribution < -0.4 is 0 Å². The van der Waals surface area contributed by atoms with Crippen LogP contribution in [0.1, 0.15) is 19.5 Å². The van der Waals surface area contributed by atoms with Gasteiger partial charge in [0.05, 0.1) is 13.2 Å². The molecule has 0 unspecified atom stereocenters. The zero-order valence-corrected chi connectivity index (χ0v) is 10.5. The van der Waals surface area contributed by atoms with E-state index >= 15 is 0 Å². The Morgan fingerprint density at radius 3 is 2.29 bits per heavy atom. The van der Waals surface area contributed by atoms with Gasteiger partial charge in [-0.25, -0.2) is 0 Å². The smallest absolute Gasteiger partial charge is 0.304 e. The molecule has 0 N–H and O–H groups in total. The topological polar surface area (TPSA) is 48.4 Å². The molecule has 0 spiro atoms. The number of alkyl halides is 2. The lowest BCUT2D eigenvalue weighted by molar-refractivity contribution is 0.0324. The molecule has 0 aromatic carbocycles. The quantitative estimate of drug-likeness (QED) is 0.739. The second kappa shape index (κ2) is 5.67. The van der Waals surface area contributed by atoms with E-state index in [1.54, 1.807) is 0 Å². The predicted octanol–water partition coefficient (Wildman–Crippen LogP) is 3.40. The van der Waals surface area contributed by atoms with Crippen molar-refractivity contribution in [2.45, 2.75) is 19.5 Å². The first-order valence-electron chi connectivity index (χ1n) is 5.16. The van der Waals surface area contributed by atoms with Crippen molar-refractivity contribution >= 4 is 7.60 Å². The number of halogens is 2. The molecule has 7 heteroatoms. The summed E-state index contributed by atoms with van der Waals surface area (Å²) in [6.45, 7) is 2.69. The van der Waals surface area contributed by atoms with E-state index in [1.807, 2.05) is 0 Å². The highest BCUT2D eigenvalue weighted by atomic mass is 31.2. The average molecular weight is 265 g/mol. The Morgan fingerprint density at radius 1 is 1.29 bits per heavy atom. The van der Waals surface area contributed by atoms with Gasteiger partial charge < -0.3 is 9.05 Å². The fourth-order valence-electron chi connectivity index (χ4n) is 1.22. The normalized spacial score (nSPS) is 12.7. The Labute approximate surface area is 98.5 Å². The van der Waals surface area contributed by atoms with Gasteiger partial charge in [0.25, 0.3) is 0 Å². The third-order valence-electron chi connectivity index (χ3n) is 1.92. The van der Waals surface area contributed by atoms with Crippen LogP contribution in [-0.4, -0.2) is 18.2 Å². The molecule has 0 fully saturated rings. The lowest BCUT2D eigenvalue weighted by atomic mass is 10.4. The fourth-order valence-corrected chi connectivity index (χ4v) is 2.71. The first-order chi connectivity index (χ1) is 7.98. The van der Waals surface area contributed by atoms with E-state index in [2.05, 4.69) is 14.0 Å². The van der Waals surface area contributed by atoms with E-state index in [0.717, 1.165) is 6.07 Å². The number of nitrogens with zero attached hydrogens (tertiary/aromatic N) is 1. The molecule has 0 aliphatic carbocycles. The summed E-state index contributed by atoms with van der Waals surface area (Å²) in [5.41, 5.74) is -4.37. The van der Waals surface area contributed by atoms with Crippen molar-refractivity contribution in [3.63, 3.8) is 0 Å². The minimum absolute atomic E-state index is 0.125. The van der Waals surface area contributed by atoms with Gasteiger partial charge in [0, 0.05) is 6.20 Å². The predicted molar refractivity (Wildman–Crippen MR) is 59.0 cm³/mol. The van der Waals surface area contributed by atoms with Gasteiger partial charge in [-0.05, 0) is 26.0 Å². The average Bonchev–Trinajstić information content (AvgIpc) is 2.30. The monoisotopic (exact) mass is 265 g/mol. The summed E-state index contributed by atoms with van der Waals surface area (Å²) in [6, 6.07) is 3.97. The molecule has 1 rings (SSSR count). The fraction of sp³-hybridized carbons (Fsp3) is 0.500. The standard InChI is InChI=1S/C10H14F2NO3P/c1-3-15-17(14,16-4-2)10(11,12)9-7-5-6-8-13-9/h5-8H,3-4H2,1-2H3. The molecule has 1 aromatic rings. The maximum absolute atomic E-state index is 14.0. The van der Waals surface area contributed by atoms with Crippen LogP contribution in [0.5, 0.6) is 0 Å². The minimum atomic E-state index is -4.54. The molecule has 1 aromatic heterocycles. The van der Waals surface area contributed by atoms with Crippen molar-refractivity contribution < 1.29 is 22.4 Å². The maximum Gasteiger partial charge on any atom is 0.406 e. The van der Waals surface area contributed by atoms with E-state index in [-0.39, 0.29) is 13.2 Å². The van der Waals surface area contributed by atoms with Crippen LogP contribution in [0.25, 0.3) is 0 Å². The van der Waals surface area contributed by atoms with Gasteiger partial charge in [-0.3, -0.25) is 9.55 Å². The molecular formula is C10H14F2NO3P. The first kappa shape index (κ1) is 14.2. The van der Waals surface area contributed by atoms with E-state index < -0.39 is 19.0 Å². The summed E-state index contributed by atoms with van der Waals surface area (Å²) in [4.78, 5) is 3.50. The van der Waals surface area contributed by atoms with E-state index in [1.165, 1.54) is 32.2 Å². The molecule has 4 nitrogen and oxygen atoms in total. The summed E-state index contributed by atoms with van der Waals surface area (Å²) in [6.07, 6.45) is 1.20. The van der Waals surface area contributed by atoms with Crippen LogP contribution in [0.15, 0.2) is 24.4 Å². The second-order valence-electron chi connectivity index (χ2n) is 3.09. The SMILES string of the molecule is CCOP(=O)(OCC)C(F)(F)c1ccccn1. The van der Waals surface area contributed by atoms with Gasteiger partial charge in [-0.15, -0.1) is 0 Å². The highest BCUT2D eigenvalue weighted by Gasteiger charge is 2.55. The Hall–Kier alpha value is -0.840. The third kappa shape index (κ3) is 2.89. The van der Waals surface area contributed by atoms with Crippen molar-refractivity contribution in [3.8, 4) is 0 Å². The number of hydrogen-bond donors (Lipinski definition) is 0. The Kier molecular flexibility index (Phi) is 4.74. The second-order valence-corrected chi connectivity index (χ2v) is 5.16. The first-order valence-corrected chi connectivity index (χ1v) is 6.70. The molecule has 0 bridgehead atoms. The van der Waals surface area contributed by atoms with Crippen molar-refractivity contribution in [2.75, 3.05) is 13.2 Å². The number of pyridine rings is 1. The number of rotatable bonds is 6. The van der Waals surface area contributed by atoms with Crippen molar-refractivity contribution in [2.24, 2.45) is 0 Å². The molecule has 0 aliphatic rings. The lowest BCUT2D eigenvalue weighted by Crippen LogP contribution is -2.19. The molecular weight excluding hydrogens is 251 g/mol. The summed E-state index contributed by atoms with van der Waals surface area (Å²) < 4.78 is 49.3. The van der Waals surface area contributed by atoms with Crippen LogP contribution in [-0.2, 0) is 19.3 Å². The summed E-state index contributed by atoms with van der Waals surface area (Å²) >= 11 is 0. The Balaban J connectivity index is 3.13. The zero-order valence-electron chi connectivity index (χ0n) is 9.60. The summed E-state index contributed by atoms with van der Waals surface area (Å²) in [5.74, 6) is 0. The molecule has 96 valence electrons. The summed E-state index contributed by atoms with van der Waals surface area (Å²) in [5, 5.41) is 0. The maximum atomic E-state index is 14.0. The van der Waals surface area contributed by atoms with Gasteiger partial charge in [0.15, 0.2) is 0 Å². The van der Waals surface area contributed by atoms with Gasteiger partial charge in [-0.1, -0.05) is 6.07 Å². The van der Waals surface area contributed by atoms with Gasteiger partial charge in [0.1, 0.15) is 5.69 Å². The Bertz CT molecular complexity index is 390. The molecule has 0 saturated heterocycles. The van der Waals surface area contributed by atoms with Crippen LogP contribution in [0.2, 0.25) is 0 Å². The Morgan fingerprint density at radius 2 is 1.88 bits per heavy atom. The highest BCUT2D eigenvalue weighted by Crippen LogP contribution is 2.66. The number of aromatic nitrogens is 1. The van der Waals surface area contributed by atoms with E-state index in [9.17, 15) is 13.3 Å². The van der Waals surface area contributed by atoms with Crippen molar-refractivity contribution in [1.82, 2.24) is 4.98 Å². The minimum Gasteiger partial charge on any atom is -0.304 e. The molecule has 0 saturated carbocycles. The van der Waals surface area contributed by atoms with Crippen LogP contribution in [0.3, 0.4) is 0 Å². The van der Waals surface area contributed by atoms with Gasteiger partial charge in [-0.2, -0.15) is 8.78 Å². The van der Waals surface area contributed by atoms with Crippen molar-refractivity contribution in [3.05, 3.63) is 30.1 Å². The highest BCUT2D eigenvalue weighted by molar-refractivity contribution is 7.54. The van der Waals surface area contributed by atoms with E-state index in [4.69, 9.17) is 0 Å². The molecule has 1 heterocycles. The van der Waals surface area contributed by atoms with E-state index in [0.29, 0.717) is 0 Å². The molecule has 0 atom stereocenters. The molecule has 0 radical (unpaired) electrons. The largest absolute Gasteiger partial charge is 0.406 e. The molecule has 0 aliphatic heterocycles. The van der Waals surface area contributed by atoms with Crippen LogP contribution in [0, 0.1) is 0 Å². The lowest BCUT2D eigenvalue weighted by Gasteiger charge is -2.24. The van der Waals surface area contributed by atoms with Gasteiger partial charge in [0.2, 0.25) is 0 Å². The molecule has 0 amide bonds. The van der Waals surface area contributed by atoms with Crippen LogP contribution in [0.4, 0.5) is 8.78 Å². The summed E-state index contributed by atoms with van der Waals surface area (Å²) in [7, 11) is -4.54.